The number of furan rings is 1. The SMILES string of the molecule is CC1CC1c1ccc(CN(C(=O)Nc2ccc(N3CCCC3=O)cc2)C2CC2)o1. The molecule has 0 spiro atoms. The van der Waals surface area contributed by atoms with Gasteiger partial charge in [-0.25, -0.2) is 4.79 Å². The first-order valence-corrected chi connectivity index (χ1v) is 10.6. The molecule has 1 aromatic carbocycles. The minimum Gasteiger partial charge on any atom is -0.464 e. The highest BCUT2D eigenvalue weighted by atomic mass is 16.3. The van der Waals surface area contributed by atoms with E-state index in [2.05, 4.69) is 18.3 Å². The second-order valence-electron chi connectivity index (χ2n) is 8.61. The fraction of sp³-hybridized carbons (Fsp3) is 0.478. The lowest BCUT2D eigenvalue weighted by Gasteiger charge is -2.22. The number of hydrogen-bond acceptors (Lipinski definition) is 3. The standard InChI is InChI=1S/C23H27N3O3/c1-15-13-20(15)21-11-10-19(29-21)14-26(18-8-9-18)23(28)24-16-4-6-17(7-5-16)25-12-2-3-22(25)27/h4-7,10-11,15,18,20H,2-3,8-9,12-14H2,1H3,(H,24,28). The summed E-state index contributed by atoms with van der Waals surface area (Å²) in [5, 5.41) is 3.00. The van der Waals surface area contributed by atoms with Crippen molar-refractivity contribution in [2.24, 2.45) is 5.92 Å². The largest absolute Gasteiger partial charge is 0.464 e. The Morgan fingerprint density at radius 1 is 1.21 bits per heavy atom. The minimum atomic E-state index is -0.102. The summed E-state index contributed by atoms with van der Waals surface area (Å²) in [7, 11) is 0. The Labute approximate surface area is 170 Å². The number of hydrogen-bond donors (Lipinski definition) is 1. The van der Waals surface area contributed by atoms with Gasteiger partial charge in [0.05, 0.1) is 6.54 Å². The Kier molecular flexibility index (Phi) is 4.57. The molecule has 5 rings (SSSR count). The molecule has 3 amide bonds. The van der Waals surface area contributed by atoms with Gasteiger partial charge in [0, 0.05) is 36.3 Å². The molecule has 0 bridgehead atoms. The van der Waals surface area contributed by atoms with E-state index in [0.29, 0.717) is 24.8 Å². The van der Waals surface area contributed by atoms with Crippen LogP contribution >= 0.6 is 0 Å². The van der Waals surface area contributed by atoms with E-state index in [9.17, 15) is 9.59 Å². The summed E-state index contributed by atoms with van der Waals surface area (Å²) in [5.74, 6) is 3.32. The monoisotopic (exact) mass is 393 g/mol. The van der Waals surface area contributed by atoms with Crippen molar-refractivity contribution in [2.75, 3.05) is 16.8 Å². The molecule has 6 nitrogen and oxygen atoms in total. The van der Waals surface area contributed by atoms with Gasteiger partial charge in [-0.15, -0.1) is 0 Å². The second kappa shape index (κ2) is 7.25. The van der Waals surface area contributed by atoms with Crippen molar-refractivity contribution < 1.29 is 14.0 Å². The van der Waals surface area contributed by atoms with Gasteiger partial charge >= 0.3 is 6.03 Å². The Balaban J connectivity index is 1.23. The Morgan fingerprint density at radius 2 is 1.97 bits per heavy atom. The fourth-order valence-corrected chi connectivity index (χ4v) is 4.16. The molecule has 3 aliphatic rings. The molecular formula is C23H27N3O3. The third-order valence-electron chi connectivity index (χ3n) is 6.24. The molecule has 1 aliphatic heterocycles. The first-order valence-electron chi connectivity index (χ1n) is 10.6. The topological polar surface area (TPSA) is 65.8 Å². The number of rotatable bonds is 6. The highest BCUT2D eigenvalue weighted by Crippen LogP contribution is 2.47. The van der Waals surface area contributed by atoms with E-state index in [-0.39, 0.29) is 18.0 Å². The van der Waals surface area contributed by atoms with Gasteiger partial charge in [-0.2, -0.15) is 0 Å². The quantitative estimate of drug-likeness (QED) is 0.772. The molecule has 2 atom stereocenters. The number of nitrogens with one attached hydrogen (secondary N) is 1. The van der Waals surface area contributed by atoms with Crippen molar-refractivity contribution in [1.29, 1.82) is 0 Å². The van der Waals surface area contributed by atoms with Crippen molar-refractivity contribution in [3.63, 3.8) is 0 Å². The zero-order valence-corrected chi connectivity index (χ0v) is 16.8. The van der Waals surface area contributed by atoms with Crippen LogP contribution in [0.1, 0.15) is 56.5 Å². The van der Waals surface area contributed by atoms with Crippen molar-refractivity contribution in [3.05, 3.63) is 47.9 Å². The lowest BCUT2D eigenvalue weighted by Crippen LogP contribution is -2.36. The average Bonchev–Trinajstić information content (AvgIpc) is 3.59. The summed E-state index contributed by atoms with van der Waals surface area (Å²) < 4.78 is 6.01. The summed E-state index contributed by atoms with van der Waals surface area (Å²) in [5.41, 5.74) is 1.63. The predicted octanol–water partition coefficient (Wildman–Crippen LogP) is 4.73. The summed E-state index contributed by atoms with van der Waals surface area (Å²) >= 11 is 0. The van der Waals surface area contributed by atoms with Crippen LogP contribution in [0.2, 0.25) is 0 Å². The Hall–Kier alpha value is -2.76. The lowest BCUT2D eigenvalue weighted by molar-refractivity contribution is -0.117. The zero-order chi connectivity index (χ0) is 20.0. The number of urea groups is 1. The summed E-state index contributed by atoms with van der Waals surface area (Å²) in [6.07, 6.45) is 4.79. The van der Waals surface area contributed by atoms with Gasteiger partial charge in [-0.1, -0.05) is 6.92 Å². The van der Waals surface area contributed by atoms with E-state index >= 15 is 0 Å². The van der Waals surface area contributed by atoms with Crippen LogP contribution in [-0.2, 0) is 11.3 Å². The highest BCUT2D eigenvalue weighted by Gasteiger charge is 2.37. The molecular weight excluding hydrogens is 366 g/mol. The predicted molar refractivity (Wildman–Crippen MR) is 111 cm³/mol. The van der Waals surface area contributed by atoms with Crippen molar-refractivity contribution >= 4 is 23.3 Å². The number of benzene rings is 1. The Bertz CT molecular complexity index is 916. The van der Waals surface area contributed by atoms with Crippen LogP contribution in [0.15, 0.2) is 40.8 Å². The maximum Gasteiger partial charge on any atom is 0.322 e. The maximum atomic E-state index is 12.9. The van der Waals surface area contributed by atoms with Crippen molar-refractivity contribution in [3.8, 4) is 0 Å². The van der Waals surface area contributed by atoms with Crippen LogP contribution in [0.4, 0.5) is 16.2 Å². The average molecular weight is 393 g/mol. The molecule has 6 heteroatoms. The molecule has 2 aliphatic carbocycles. The number of carbonyl (C=O) groups is 2. The molecule has 2 saturated carbocycles. The number of amides is 3. The molecule has 3 fully saturated rings. The van der Waals surface area contributed by atoms with E-state index in [1.807, 2.05) is 35.2 Å². The van der Waals surface area contributed by atoms with Gasteiger partial charge in [0.2, 0.25) is 5.91 Å². The maximum absolute atomic E-state index is 12.9. The molecule has 0 radical (unpaired) electrons. The van der Waals surface area contributed by atoms with E-state index in [1.54, 1.807) is 4.90 Å². The summed E-state index contributed by atoms with van der Waals surface area (Å²) in [4.78, 5) is 28.5. The third-order valence-corrected chi connectivity index (χ3v) is 6.24. The van der Waals surface area contributed by atoms with Gasteiger partial charge < -0.3 is 19.5 Å². The van der Waals surface area contributed by atoms with Gasteiger partial charge in [0.1, 0.15) is 11.5 Å². The third kappa shape index (κ3) is 3.88. The Morgan fingerprint density at radius 3 is 2.59 bits per heavy atom. The summed E-state index contributed by atoms with van der Waals surface area (Å²) in [6.45, 7) is 3.50. The molecule has 1 N–H and O–H groups in total. The second-order valence-corrected chi connectivity index (χ2v) is 8.61. The van der Waals surface area contributed by atoms with Crippen LogP contribution < -0.4 is 10.2 Å². The molecule has 152 valence electrons. The smallest absolute Gasteiger partial charge is 0.322 e. The number of anilines is 2. The molecule has 2 heterocycles. The summed E-state index contributed by atoms with van der Waals surface area (Å²) in [6, 6.07) is 11.8. The van der Waals surface area contributed by atoms with E-state index in [4.69, 9.17) is 4.42 Å². The lowest BCUT2D eigenvalue weighted by atomic mass is 10.2. The van der Waals surface area contributed by atoms with Gasteiger partial charge in [-0.3, -0.25) is 4.79 Å². The first-order chi connectivity index (χ1) is 14.1. The van der Waals surface area contributed by atoms with E-state index in [0.717, 1.165) is 48.7 Å². The molecule has 2 unspecified atom stereocenters. The van der Waals surface area contributed by atoms with Gasteiger partial charge in [0.15, 0.2) is 0 Å². The fourth-order valence-electron chi connectivity index (χ4n) is 4.16. The van der Waals surface area contributed by atoms with Crippen LogP contribution in [0, 0.1) is 5.92 Å². The minimum absolute atomic E-state index is 0.102. The molecule has 1 saturated heterocycles. The normalized spacial score (nSPS) is 23.3. The van der Waals surface area contributed by atoms with E-state index in [1.165, 1.54) is 6.42 Å². The molecule has 29 heavy (non-hydrogen) atoms. The van der Waals surface area contributed by atoms with Gasteiger partial charge in [-0.05, 0) is 68.0 Å². The van der Waals surface area contributed by atoms with Crippen molar-refractivity contribution in [2.45, 2.75) is 57.5 Å². The van der Waals surface area contributed by atoms with Crippen molar-refractivity contribution in [1.82, 2.24) is 4.90 Å². The van der Waals surface area contributed by atoms with Crippen LogP contribution in [0.25, 0.3) is 0 Å². The van der Waals surface area contributed by atoms with E-state index < -0.39 is 0 Å². The van der Waals surface area contributed by atoms with Gasteiger partial charge in [0.25, 0.3) is 0 Å². The van der Waals surface area contributed by atoms with Crippen LogP contribution in [-0.4, -0.2) is 29.4 Å². The molecule has 1 aromatic heterocycles. The number of nitrogens with zero attached hydrogens (tertiary/aromatic N) is 2. The van der Waals surface area contributed by atoms with Crippen LogP contribution in [0.5, 0.6) is 0 Å². The zero-order valence-electron chi connectivity index (χ0n) is 16.8. The highest BCUT2D eigenvalue weighted by molar-refractivity contribution is 5.96. The first kappa shape index (κ1) is 18.3. The number of carbonyl (C=O) groups excluding carboxylic acids is 2. The van der Waals surface area contributed by atoms with Crippen LogP contribution in [0.3, 0.4) is 0 Å². The molecule has 2 aromatic rings.